The maximum atomic E-state index is 13.5. The third-order valence-corrected chi connectivity index (χ3v) is 3.68. The fourth-order valence-corrected chi connectivity index (χ4v) is 2.59. The summed E-state index contributed by atoms with van der Waals surface area (Å²) in [6.07, 6.45) is 2.11. The van der Waals surface area contributed by atoms with Gasteiger partial charge in [0.2, 0.25) is 5.91 Å². The number of methoxy groups -OCH3 is 1. The Morgan fingerprint density at radius 3 is 2.45 bits per heavy atom. The van der Waals surface area contributed by atoms with Gasteiger partial charge < -0.3 is 15.4 Å². The second-order valence-electron chi connectivity index (χ2n) is 5.40. The van der Waals surface area contributed by atoms with E-state index >= 15 is 0 Å². The summed E-state index contributed by atoms with van der Waals surface area (Å²) in [7, 11) is 1.53. The van der Waals surface area contributed by atoms with E-state index < -0.39 is 0 Å². The molecule has 0 saturated carbocycles. The van der Waals surface area contributed by atoms with E-state index in [0.717, 1.165) is 25.9 Å². The third kappa shape index (κ3) is 4.98. The highest BCUT2D eigenvalue weighted by atomic mass is 19.1. The number of ether oxygens (including phenoxy) is 1. The number of nitrogens with zero attached hydrogens (tertiary/aromatic N) is 1. The summed E-state index contributed by atoms with van der Waals surface area (Å²) < 4.78 is 18.8. The fourth-order valence-electron chi connectivity index (χ4n) is 2.59. The van der Waals surface area contributed by atoms with E-state index in [9.17, 15) is 9.18 Å². The molecular formula is C17H27FN2O2. The Hall–Kier alpha value is -1.62. The van der Waals surface area contributed by atoms with Crippen molar-refractivity contribution in [3.8, 4) is 5.75 Å². The van der Waals surface area contributed by atoms with Gasteiger partial charge in [0.05, 0.1) is 7.11 Å². The predicted molar refractivity (Wildman–Crippen MR) is 86.5 cm³/mol. The van der Waals surface area contributed by atoms with E-state index in [0.29, 0.717) is 11.3 Å². The van der Waals surface area contributed by atoms with E-state index in [1.54, 1.807) is 6.07 Å². The van der Waals surface area contributed by atoms with Crippen LogP contribution in [0.4, 0.5) is 4.39 Å². The normalized spacial score (nSPS) is 12.0. The Morgan fingerprint density at radius 2 is 1.95 bits per heavy atom. The van der Waals surface area contributed by atoms with Crippen LogP contribution in [-0.4, -0.2) is 37.6 Å². The smallest absolute Gasteiger partial charge is 0.223 e. The van der Waals surface area contributed by atoms with Crippen molar-refractivity contribution in [2.75, 3.05) is 26.7 Å². The zero-order valence-electron chi connectivity index (χ0n) is 13.8. The lowest BCUT2D eigenvalue weighted by atomic mass is 9.94. The molecule has 1 rings (SSSR count). The van der Waals surface area contributed by atoms with Gasteiger partial charge in [-0.15, -0.1) is 0 Å². The molecule has 1 aromatic rings. The summed E-state index contributed by atoms with van der Waals surface area (Å²) in [5.74, 6) is 0.0441. The number of nitrogens with two attached hydrogens (primary N) is 1. The second kappa shape index (κ2) is 9.41. The molecule has 0 aliphatic heterocycles. The number of rotatable bonds is 9. The Kier molecular flexibility index (Phi) is 7.88. The Labute approximate surface area is 132 Å². The highest BCUT2D eigenvalue weighted by Crippen LogP contribution is 2.29. The minimum absolute atomic E-state index is 0.0606. The number of carbonyl (C=O) groups is 1. The molecule has 0 aliphatic rings. The quantitative estimate of drug-likeness (QED) is 0.763. The van der Waals surface area contributed by atoms with E-state index in [2.05, 4.69) is 0 Å². The topological polar surface area (TPSA) is 55.6 Å². The first-order valence-electron chi connectivity index (χ1n) is 7.88. The average Bonchev–Trinajstić information content (AvgIpc) is 2.52. The summed E-state index contributed by atoms with van der Waals surface area (Å²) in [5.41, 5.74) is 6.48. The van der Waals surface area contributed by atoms with Crippen LogP contribution in [0.2, 0.25) is 0 Å². The zero-order valence-corrected chi connectivity index (χ0v) is 13.8. The average molecular weight is 310 g/mol. The molecule has 1 aromatic carbocycles. The molecule has 0 aromatic heterocycles. The molecule has 0 saturated heterocycles. The van der Waals surface area contributed by atoms with E-state index in [1.165, 1.54) is 19.2 Å². The van der Waals surface area contributed by atoms with Crippen molar-refractivity contribution in [3.63, 3.8) is 0 Å². The summed E-state index contributed by atoms with van der Waals surface area (Å²) in [6.45, 7) is 5.85. The summed E-state index contributed by atoms with van der Waals surface area (Å²) in [6, 6.07) is 4.33. The van der Waals surface area contributed by atoms with Gasteiger partial charge in [0.15, 0.2) is 0 Å². The van der Waals surface area contributed by atoms with Crippen molar-refractivity contribution >= 4 is 5.91 Å². The van der Waals surface area contributed by atoms with E-state index in [-0.39, 0.29) is 30.6 Å². The predicted octanol–water partition coefficient (Wildman–Crippen LogP) is 2.92. The minimum Gasteiger partial charge on any atom is -0.496 e. The van der Waals surface area contributed by atoms with Crippen LogP contribution in [0.25, 0.3) is 0 Å². The summed E-state index contributed by atoms with van der Waals surface area (Å²) in [5, 5.41) is 0. The number of hydrogen-bond donors (Lipinski definition) is 1. The lowest BCUT2D eigenvalue weighted by Gasteiger charge is -2.25. The SMILES string of the molecule is CCCN(CCC)C(=O)CC(CN)c1cc(F)ccc1OC. The molecule has 0 heterocycles. The molecule has 5 heteroatoms. The maximum Gasteiger partial charge on any atom is 0.223 e. The number of amides is 1. The van der Waals surface area contributed by atoms with Gasteiger partial charge in [0.1, 0.15) is 11.6 Å². The number of hydrogen-bond acceptors (Lipinski definition) is 3. The van der Waals surface area contributed by atoms with Crippen LogP contribution >= 0.6 is 0 Å². The number of halogens is 1. The molecule has 2 N–H and O–H groups in total. The van der Waals surface area contributed by atoms with Crippen LogP contribution in [0.5, 0.6) is 5.75 Å². The van der Waals surface area contributed by atoms with Crippen molar-refractivity contribution in [3.05, 3.63) is 29.6 Å². The van der Waals surface area contributed by atoms with Gasteiger partial charge >= 0.3 is 0 Å². The Morgan fingerprint density at radius 1 is 1.32 bits per heavy atom. The van der Waals surface area contributed by atoms with Crippen molar-refractivity contribution in [1.82, 2.24) is 4.90 Å². The van der Waals surface area contributed by atoms with E-state index in [4.69, 9.17) is 10.5 Å². The van der Waals surface area contributed by atoms with Gasteiger partial charge in [-0.3, -0.25) is 4.79 Å². The molecule has 124 valence electrons. The van der Waals surface area contributed by atoms with Crippen molar-refractivity contribution in [2.24, 2.45) is 5.73 Å². The summed E-state index contributed by atoms with van der Waals surface area (Å²) in [4.78, 5) is 14.3. The zero-order chi connectivity index (χ0) is 16.5. The standard InChI is InChI=1S/C17H27FN2O2/c1-4-8-20(9-5-2)17(21)10-13(12-19)15-11-14(18)6-7-16(15)22-3/h6-7,11,13H,4-5,8-10,12,19H2,1-3H3. The van der Waals surface area contributed by atoms with Crippen LogP contribution in [0, 0.1) is 5.82 Å². The van der Waals surface area contributed by atoms with Crippen LogP contribution in [0.3, 0.4) is 0 Å². The third-order valence-electron chi connectivity index (χ3n) is 3.68. The molecule has 0 bridgehead atoms. The highest BCUT2D eigenvalue weighted by molar-refractivity contribution is 5.77. The number of benzene rings is 1. The van der Waals surface area contributed by atoms with Crippen LogP contribution in [-0.2, 0) is 4.79 Å². The molecule has 0 fully saturated rings. The molecule has 1 atom stereocenters. The number of carbonyl (C=O) groups excluding carboxylic acids is 1. The first-order chi connectivity index (χ1) is 10.6. The van der Waals surface area contributed by atoms with Crippen LogP contribution in [0.15, 0.2) is 18.2 Å². The fraction of sp³-hybridized carbons (Fsp3) is 0.588. The van der Waals surface area contributed by atoms with E-state index in [1.807, 2.05) is 18.7 Å². The highest BCUT2D eigenvalue weighted by Gasteiger charge is 2.22. The first-order valence-corrected chi connectivity index (χ1v) is 7.88. The molecule has 0 aliphatic carbocycles. The van der Waals surface area contributed by atoms with Gasteiger partial charge in [-0.05, 0) is 37.6 Å². The molecule has 0 spiro atoms. The molecule has 1 unspecified atom stereocenters. The molecule has 4 nitrogen and oxygen atoms in total. The van der Waals surface area contributed by atoms with Crippen molar-refractivity contribution < 1.29 is 13.9 Å². The molecular weight excluding hydrogens is 283 g/mol. The molecule has 1 amide bonds. The molecule has 22 heavy (non-hydrogen) atoms. The Bertz CT molecular complexity index is 474. The van der Waals surface area contributed by atoms with Crippen LogP contribution < -0.4 is 10.5 Å². The first kappa shape index (κ1) is 18.4. The molecule has 0 radical (unpaired) electrons. The van der Waals surface area contributed by atoms with Crippen molar-refractivity contribution in [1.29, 1.82) is 0 Å². The maximum absolute atomic E-state index is 13.5. The largest absolute Gasteiger partial charge is 0.496 e. The summed E-state index contributed by atoms with van der Waals surface area (Å²) >= 11 is 0. The van der Waals surface area contributed by atoms with Gasteiger partial charge in [0, 0.05) is 31.0 Å². The van der Waals surface area contributed by atoms with Gasteiger partial charge in [-0.2, -0.15) is 0 Å². The van der Waals surface area contributed by atoms with Gasteiger partial charge in [-0.25, -0.2) is 4.39 Å². The van der Waals surface area contributed by atoms with Gasteiger partial charge in [0.25, 0.3) is 0 Å². The monoisotopic (exact) mass is 310 g/mol. The lowest BCUT2D eigenvalue weighted by Crippen LogP contribution is -2.34. The van der Waals surface area contributed by atoms with Crippen molar-refractivity contribution in [2.45, 2.75) is 39.0 Å². The van der Waals surface area contributed by atoms with Gasteiger partial charge in [-0.1, -0.05) is 13.8 Å². The Balaban J connectivity index is 2.92. The van der Waals surface area contributed by atoms with Crippen LogP contribution in [0.1, 0.15) is 44.6 Å². The second-order valence-corrected chi connectivity index (χ2v) is 5.40. The minimum atomic E-state index is -0.347. The lowest BCUT2D eigenvalue weighted by molar-refractivity contribution is -0.131.